The minimum atomic E-state index is -0.772. The first kappa shape index (κ1) is 15.5. The maximum Gasteiger partial charge on any atom is 0.303 e. The van der Waals surface area contributed by atoms with Gasteiger partial charge >= 0.3 is 5.97 Å². The van der Waals surface area contributed by atoms with E-state index in [1.807, 2.05) is 12.1 Å². The number of hydrogen-bond donors (Lipinski definition) is 2. The molecule has 0 heterocycles. The van der Waals surface area contributed by atoms with Crippen molar-refractivity contribution in [3.05, 3.63) is 34.9 Å². The Balaban J connectivity index is 2.11. The maximum absolute atomic E-state index is 11.6. The van der Waals surface area contributed by atoms with Gasteiger partial charge in [-0.05, 0) is 30.5 Å². The van der Waals surface area contributed by atoms with Gasteiger partial charge in [-0.3, -0.25) is 9.59 Å². The topological polar surface area (TPSA) is 66.4 Å². The average Bonchev–Trinajstić information content (AvgIpc) is 2.36. The van der Waals surface area contributed by atoms with E-state index in [1.165, 1.54) is 0 Å². The van der Waals surface area contributed by atoms with E-state index >= 15 is 0 Å². The molecule has 1 aromatic rings. The first-order valence-electron chi connectivity index (χ1n) is 6.31. The molecule has 0 saturated carbocycles. The third kappa shape index (κ3) is 7.47. The van der Waals surface area contributed by atoms with Crippen molar-refractivity contribution in [3.8, 4) is 0 Å². The van der Waals surface area contributed by atoms with Crippen molar-refractivity contribution >= 4 is 23.5 Å². The number of rotatable bonds is 8. The number of nitrogens with one attached hydrogen (secondary N) is 1. The highest BCUT2D eigenvalue weighted by molar-refractivity contribution is 6.30. The normalized spacial score (nSPS) is 10.2. The Morgan fingerprint density at radius 1 is 1.11 bits per heavy atom. The van der Waals surface area contributed by atoms with E-state index in [-0.39, 0.29) is 12.3 Å². The Labute approximate surface area is 117 Å². The van der Waals surface area contributed by atoms with Crippen molar-refractivity contribution in [2.45, 2.75) is 32.1 Å². The summed E-state index contributed by atoms with van der Waals surface area (Å²) in [5.41, 5.74) is 0.924. The van der Waals surface area contributed by atoms with Gasteiger partial charge in [0, 0.05) is 18.0 Å². The van der Waals surface area contributed by atoms with Gasteiger partial charge in [0.1, 0.15) is 0 Å². The molecule has 0 aliphatic rings. The summed E-state index contributed by atoms with van der Waals surface area (Å²) in [5.74, 6) is -0.799. The largest absolute Gasteiger partial charge is 0.481 e. The van der Waals surface area contributed by atoms with Gasteiger partial charge in [0.15, 0.2) is 0 Å². The molecule has 0 spiro atoms. The zero-order valence-electron chi connectivity index (χ0n) is 10.7. The van der Waals surface area contributed by atoms with Crippen molar-refractivity contribution in [2.75, 3.05) is 6.54 Å². The van der Waals surface area contributed by atoms with Gasteiger partial charge in [-0.2, -0.15) is 0 Å². The summed E-state index contributed by atoms with van der Waals surface area (Å²) in [5, 5.41) is 11.9. The number of carbonyl (C=O) groups excluding carboxylic acids is 1. The second-order valence-electron chi connectivity index (χ2n) is 4.36. The van der Waals surface area contributed by atoms with Crippen LogP contribution in [0.3, 0.4) is 0 Å². The van der Waals surface area contributed by atoms with Gasteiger partial charge in [-0.15, -0.1) is 0 Å². The number of unbranched alkanes of at least 4 members (excludes halogenated alkanes) is 2. The number of carbonyl (C=O) groups is 2. The van der Waals surface area contributed by atoms with Crippen LogP contribution in [0.4, 0.5) is 0 Å². The highest BCUT2D eigenvalue weighted by Crippen LogP contribution is 2.09. The molecule has 1 amide bonds. The van der Waals surface area contributed by atoms with Crippen LogP contribution in [0.2, 0.25) is 5.02 Å². The fourth-order valence-electron chi connectivity index (χ4n) is 1.66. The van der Waals surface area contributed by atoms with Gasteiger partial charge in [0.2, 0.25) is 5.91 Å². The van der Waals surface area contributed by atoms with Gasteiger partial charge in [-0.25, -0.2) is 0 Å². The predicted octanol–water partition coefficient (Wildman–Crippen LogP) is 2.64. The minimum absolute atomic E-state index is 0.0273. The molecule has 0 saturated heterocycles. The molecule has 19 heavy (non-hydrogen) atoms. The fourth-order valence-corrected chi connectivity index (χ4v) is 1.78. The Kier molecular flexibility index (Phi) is 6.97. The summed E-state index contributed by atoms with van der Waals surface area (Å²) < 4.78 is 0. The summed E-state index contributed by atoms with van der Waals surface area (Å²) >= 11 is 5.76. The molecule has 1 aromatic carbocycles. The smallest absolute Gasteiger partial charge is 0.303 e. The van der Waals surface area contributed by atoms with Crippen molar-refractivity contribution < 1.29 is 14.7 Å². The molecule has 0 unspecified atom stereocenters. The van der Waals surface area contributed by atoms with Crippen molar-refractivity contribution in [3.63, 3.8) is 0 Å². The predicted molar refractivity (Wildman–Crippen MR) is 74.3 cm³/mol. The van der Waals surface area contributed by atoms with Gasteiger partial charge < -0.3 is 10.4 Å². The lowest BCUT2D eigenvalue weighted by molar-refractivity contribution is -0.137. The Morgan fingerprint density at radius 2 is 1.79 bits per heavy atom. The second kappa shape index (κ2) is 8.53. The molecule has 104 valence electrons. The molecule has 0 fully saturated rings. The Hall–Kier alpha value is -1.55. The number of halogens is 1. The van der Waals surface area contributed by atoms with Crippen molar-refractivity contribution in [1.29, 1.82) is 0 Å². The molecule has 0 radical (unpaired) electrons. The molecule has 0 aliphatic carbocycles. The van der Waals surface area contributed by atoms with Crippen LogP contribution in [0, 0.1) is 0 Å². The van der Waals surface area contributed by atoms with Crippen LogP contribution < -0.4 is 5.32 Å². The highest BCUT2D eigenvalue weighted by atomic mass is 35.5. The molecule has 0 aromatic heterocycles. The first-order chi connectivity index (χ1) is 9.08. The lowest BCUT2D eigenvalue weighted by atomic mass is 10.1. The molecule has 1 rings (SSSR count). The Morgan fingerprint density at radius 3 is 2.42 bits per heavy atom. The minimum Gasteiger partial charge on any atom is -0.481 e. The van der Waals surface area contributed by atoms with E-state index in [9.17, 15) is 9.59 Å². The van der Waals surface area contributed by atoms with Crippen LogP contribution in [-0.4, -0.2) is 23.5 Å². The number of aliphatic carboxylic acids is 1. The third-order valence-corrected chi connectivity index (χ3v) is 2.92. The summed E-state index contributed by atoms with van der Waals surface area (Å²) in [4.78, 5) is 21.9. The number of hydrogen-bond acceptors (Lipinski definition) is 2. The van der Waals surface area contributed by atoms with E-state index in [2.05, 4.69) is 5.32 Å². The zero-order valence-corrected chi connectivity index (χ0v) is 11.4. The SMILES string of the molecule is O=C(O)CCCCCNC(=O)Cc1ccc(Cl)cc1. The zero-order chi connectivity index (χ0) is 14.1. The molecule has 0 aliphatic heterocycles. The van der Waals surface area contributed by atoms with Gasteiger partial charge in [-0.1, -0.05) is 30.2 Å². The maximum atomic E-state index is 11.6. The molecule has 0 bridgehead atoms. The van der Waals surface area contributed by atoms with Gasteiger partial charge in [0.05, 0.1) is 6.42 Å². The highest BCUT2D eigenvalue weighted by Gasteiger charge is 2.03. The average molecular weight is 284 g/mol. The third-order valence-electron chi connectivity index (χ3n) is 2.67. The van der Waals surface area contributed by atoms with Gasteiger partial charge in [0.25, 0.3) is 0 Å². The van der Waals surface area contributed by atoms with E-state index in [1.54, 1.807) is 12.1 Å². The standard InChI is InChI=1S/C14H18ClNO3/c15-12-7-5-11(6-8-12)10-13(17)16-9-3-1-2-4-14(18)19/h5-8H,1-4,9-10H2,(H,16,17)(H,18,19). The van der Waals surface area contributed by atoms with Crippen molar-refractivity contribution in [1.82, 2.24) is 5.32 Å². The van der Waals surface area contributed by atoms with E-state index in [0.29, 0.717) is 24.4 Å². The fraction of sp³-hybridized carbons (Fsp3) is 0.429. The van der Waals surface area contributed by atoms with E-state index < -0.39 is 5.97 Å². The van der Waals surface area contributed by atoms with Crippen LogP contribution in [0.15, 0.2) is 24.3 Å². The monoisotopic (exact) mass is 283 g/mol. The molecular formula is C14H18ClNO3. The summed E-state index contributed by atoms with van der Waals surface area (Å²) in [6.07, 6.45) is 2.81. The molecular weight excluding hydrogens is 266 g/mol. The number of benzene rings is 1. The Bertz CT molecular complexity index is 417. The summed E-state index contributed by atoms with van der Waals surface area (Å²) in [6.45, 7) is 0.589. The number of carboxylic acid groups (broad SMARTS) is 1. The second-order valence-corrected chi connectivity index (χ2v) is 4.79. The van der Waals surface area contributed by atoms with Crippen LogP contribution >= 0.6 is 11.6 Å². The number of amides is 1. The first-order valence-corrected chi connectivity index (χ1v) is 6.68. The summed E-state index contributed by atoms with van der Waals surface area (Å²) in [7, 11) is 0. The summed E-state index contributed by atoms with van der Waals surface area (Å²) in [6, 6.07) is 7.18. The van der Waals surface area contributed by atoms with E-state index in [4.69, 9.17) is 16.7 Å². The van der Waals surface area contributed by atoms with Crippen LogP contribution in [0.1, 0.15) is 31.2 Å². The molecule has 4 nitrogen and oxygen atoms in total. The van der Waals surface area contributed by atoms with Crippen LogP contribution in [0.5, 0.6) is 0 Å². The number of carboxylic acids is 1. The van der Waals surface area contributed by atoms with Crippen LogP contribution in [-0.2, 0) is 16.0 Å². The molecule has 2 N–H and O–H groups in total. The van der Waals surface area contributed by atoms with Crippen molar-refractivity contribution in [2.24, 2.45) is 0 Å². The lowest BCUT2D eigenvalue weighted by Gasteiger charge is -2.05. The lowest BCUT2D eigenvalue weighted by Crippen LogP contribution is -2.26. The molecule has 5 heteroatoms. The quantitative estimate of drug-likeness (QED) is 0.721. The molecule has 0 atom stereocenters. The van der Waals surface area contributed by atoms with Crippen LogP contribution in [0.25, 0.3) is 0 Å². The van der Waals surface area contributed by atoms with E-state index in [0.717, 1.165) is 18.4 Å².